The highest BCUT2D eigenvalue weighted by Gasteiger charge is 2.71. The second-order valence-corrected chi connectivity index (χ2v) is 12.0. The Labute approximate surface area is 258 Å². The summed E-state index contributed by atoms with van der Waals surface area (Å²) in [5, 5.41) is 10.9. The van der Waals surface area contributed by atoms with Gasteiger partial charge in [0.25, 0.3) is 11.8 Å². The summed E-state index contributed by atoms with van der Waals surface area (Å²) in [5.74, 6) is -5.87. The van der Waals surface area contributed by atoms with E-state index >= 15 is 0 Å². The van der Waals surface area contributed by atoms with Crippen molar-refractivity contribution in [3.63, 3.8) is 0 Å². The number of carbonyl (C=O) groups excluding carboxylic acids is 5. The predicted octanol–water partition coefficient (Wildman–Crippen LogP) is 3.83. The van der Waals surface area contributed by atoms with Crippen molar-refractivity contribution in [1.82, 2.24) is 9.91 Å². The molecule has 45 heavy (non-hydrogen) atoms. The molecule has 6 atom stereocenters. The fourth-order valence-electron chi connectivity index (χ4n) is 7.96. The Morgan fingerprint density at radius 3 is 2.38 bits per heavy atom. The van der Waals surface area contributed by atoms with Crippen molar-refractivity contribution in [1.29, 1.82) is 0 Å². The number of methoxy groups -OCH3 is 1. The lowest BCUT2D eigenvalue weighted by Gasteiger charge is -2.49. The van der Waals surface area contributed by atoms with Crippen LogP contribution in [0.4, 0.5) is 10.5 Å². The van der Waals surface area contributed by atoms with E-state index in [0.29, 0.717) is 27.5 Å². The zero-order chi connectivity index (χ0) is 31.6. The number of nitrogens with zero attached hydrogens (tertiary/aromatic N) is 2. The van der Waals surface area contributed by atoms with Gasteiger partial charge in [-0.15, -0.1) is 0 Å². The number of imide groups is 4. The Morgan fingerprint density at radius 2 is 1.71 bits per heavy atom. The van der Waals surface area contributed by atoms with Crippen molar-refractivity contribution in [2.24, 2.45) is 23.7 Å². The van der Waals surface area contributed by atoms with Gasteiger partial charge >= 0.3 is 6.09 Å². The van der Waals surface area contributed by atoms with E-state index in [0.717, 1.165) is 17.7 Å². The minimum Gasteiger partial charge on any atom is -0.463 e. The van der Waals surface area contributed by atoms with E-state index in [1.165, 1.54) is 0 Å². The van der Waals surface area contributed by atoms with E-state index in [1.54, 1.807) is 36.4 Å². The molecule has 7 rings (SSSR count). The molecule has 6 unspecified atom stereocenters. The van der Waals surface area contributed by atoms with Gasteiger partial charge in [-0.05, 0) is 55.5 Å². The van der Waals surface area contributed by atoms with Gasteiger partial charge in [0.1, 0.15) is 23.5 Å². The number of carbonyl (C=O) groups is 5. The molecular formula is C34H31N3O8. The number of ether oxygens (including phenoxy) is 1. The van der Waals surface area contributed by atoms with Crippen LogP contribution in [-0.2, 0) is 35.9 Å². The molecule has 11 nitrogen and oxygen atoms in total. The average Bonchev–Trinajstić information content (AvgIpc) is 3.70. The number of anilines is 1. The second kappa shape index (κ2) is 10.6. The van der Waals surface area contributed by atoms with Crippen LogP contribution in [0, 0.1) is 30.6 Å². The third-order valence-corrected chi connectivity index (χ3v) is 9.87. The first-order valence-electron chi connectivity index (χ1n) is 14.8. The number of aliphatic hydroxyl groups is 1. The Bertz CT molecular complexity index is 1760. The quantitative estimate of drug-likeness (QED) is 0.325. The summed E-state index contributed by atoms with van der Waals surface area (Å²) in [6, 6.07) is 19.6. The molecule has 3 fully saturated rings. The van der Waals surface area contributed by atoms with Crippen molar-refractivity contribution in [2.75, 3.05) is 12.5 Å². The van der Waals surface area contributed by atoms with Gasteiger partial charge in [-0.25, -0.2) is 4.79 Å². The first-order chi connectivity index (χ1) is 21.7. The third kappa shape index (κ3) is 4.03. The number of nitrogens with one attached hydrogen (secondary N) is 1. The highest BCUT2D eigenvalue weighted by molar-refractivity contribution is 6.16. The van der Waals surface area contributed by atoms with Crippen LogP contribution in [0.2, 0.25) is 0 Å². The number of furan rings is 1. The standard InChI is InChI=1S/C34H31N3O8/c1-18-8-10-20(11-9-18)35-37-30(40)25-16-24-22(13-14-23-27(24)31(41)36(29(23)39)33(43)44-2)28(26-15-12-21(17-38)45-26)34(25,32(37)42)19-6-4-3-5-7-19/h3-13,15,23-25,27-28,35,38H,14,16-17H2,1-2H3. The molecule has 0 radical (unpaired) electrons. The summed E-state index contributed by atoms with van der Waals surface area (Å²) in [6.45, 7) is 1.55. The summed E-state index contributed by atoms with van der Waals surface area (Å²) in [5.41, 5.74) is 4.38. The van der Waals surface area contributed by atoms with Gasteiger partial charge in [0.05, 0.1) is 36.5 Å². The molecular weight excluding hydrogens is 578 g/mol. The van der Waals surface area contributed by atoms with Crippen LogP contribution in [-0.4, -0.2) is 51.8 Å². The number of aryl methyl sites for hydroxylation is 1. The zero-order valence-electron chi connectivity index (χ0n) is 24.6. The van der Waals surface area contributed by atoms with Crippen LogP contribution in [0.15, 0.2) is 82.8 Å². The molecule has 3 aromatic rings. The molecule has 2 N–H and O–H groups in total. The molecule has 0 bridgehead atoms. The maximum absolute atomic E-state index is 14.9. The topological polar surface area (TPSA) is 146 Å². The minimum atomic E-state index is -1.48. The van der Waals surface area contributed by atoms with Crippen molar-refractivity contribution in [2.45, 2.75) is 37.7 Å². The summed E-state index contributed by atoms with van der Waals surface area (Å²) in [4.78, 5) is 69.6. The van der Waals surface area contributed by atoms with Crippen LogP contribution in [0.1, 0.15) is 41.4 Å². The molecule has 5 amide bonds. The number of amides is 5. The van der Waals surface area contributed by atoms with Crippen LogP contribution >= 0.6 is 0 Å². The number of rotatable bonds is 5. The number of hydrazine groups is 1. The summed E-state index contributed by atoms with van der Waals surface area (Å²) in [6.07, 6.45) is 1.04. The monoisotopic (exact) mass is 609 g/mol. The van der Waals surface area contributed by atoms with Gasteiger partial charge < -0.3 is 14.3 Å². The molecule has 11 heteroatoms. The molecule has 2 saturated heterocycles. The molecule has 1 aromatic heterocycles. The van der Waals surface area contributed by atoms with E-state index in [-0.39, 0.29) is 25.2 Å². The van der Waals surface area contributed by atoms with Crippen molar-refractivity contribution in [3.05, 3.63) is 101 Å². The lowest BCUT2D eigenvalue weighted by atomic mass is 9.50. The number of hydrogen-bond donors (Lipinski definition) is 2. The van der Waals surface area contributed by atoms with Gasteiger partial charge in [-0.1, -0.05) is 59.7 Å². The van der Waals surface area contributed by atoms with E-state index in [9.17, 15) is 29.1 Å². The highest BCUT2D eigenvalue weighted by atomic mass is 16.5. The number of allylic oxidation sites excluding steroid dienone is 2. The maximum Gasteiger partial charge on any atom is 0.423 e. The molecule has 3 heterocycles. The summed E-state index contributed by atoms with van der Waals surface area (Å²) < 4.78 is 10.9. The Balaban J connectivity index is 1.43. The fraction of sp³-hybridized carbons (Fsp3) is 0.324. The van der Waals surface area contributed by atoms with Gasteiger partial charge in [-0.3, -0.25) is 24.6 Å². The highest BCUT2D eigenvalue weighted by Crippen LogP contribution is 2.64. The SMILES string of the molecule is COC(=O)N1C(=O)C2CC=C3C(CC4C(=O)N(Nc5ccc(C)cc5)C(=O)C4(c4ccccc4)C3c3ccc(CO)o3)C2C1=O. The molecule has 0 spiro atoms. The first-order valence-corrected chi connectivity index (χ1v) is 14.8. The van der Waals surface area contributed by atoms with Crippen LogP contribution in [0.5, 0.6) is 0 Å². The number of hydrogen-bond acceptors (Lipinski definition) is 9. The zero-order valence-corrected chi connectivity index (χ0v) is 24.6. The molecule has 230 valence electrons. The number of aliphatic hydroxyl groups excluding tert-OH is 1. The lowest BCUT2D eigenvalue weighted by molar-refractivity contribution is -0.140. The molecule has 2 aliphatic carbocycles. The predicted molar refractivity (Wildman–Crippen MR) is 158 cm³/mol. The Hall–Kier alpha value is -5.03. The third-order valence-electron chi connectivity index (χ3n) is 9.87. The van der Waals surface area contributed by atoms with Gasteiger partial charge in [0.15, 0.2) is 0 Å². The lowest BCUT2D eigenvalue weighted by Crippen LogP contribution is -2.53. The summed E-state index contributed by atoms with van der Waals surface area (Å²) in [7, 11) is 1.10. The van der Waals surface area contributed by atoms with Crippen molar-refractivity contribution >= 4 is 35.4 Å². The van der Waals surface area contributed by atoms with Crippen molar-refractivity contribution in [3.8, 4) is 0 Å². The minimum absolute atomic E-state index is 0.0800. The molecule has 2 aliphatic heterocycles. The first kappa shape index (κ1) is 28.7. The van der Waals surface area contributed by atoms with E-state index in [2.05, 4.69) is 5.43 Å². The van der Waals surface area contributed by atoms with Gasteiger partial charge in [-0.2, -0.15) is 9.91 Å². The number of likely N-dealkylation sites (tertiary alicyclic amines) is 1. The molecule has 2 aromatic carbocycles. The van der Waals surface area contributed by atoms with E-state index in [1.807, 2.05) is 43.3 Å². The Morgan fingerprint density at radius 1 is 0.978 bits per heavy atom. The largest absolute Gasteiger partial charge is 0.463 e. The molecule has 4 aliphatic rings. The number of benzene rings is 2. The normalized spacial score (nSPS) is 28.9. The van der Waals surface area contributed by atoms with Crippen LogP contribution in [0.3, 0.4) is 0 Å². The van der Waals surface area contributed by atoms with Crippen LogP contribution < -0.4 is 5.43 Å². The van der Waals surface area contributed by atoms with E-state index < -0.39 is 64.7 Å². The van der Waals surface area contributed by atoms with E-state index in [4.69, 9.17) is 9.15 Å². The van der Waals surface area contributed by atoms with Gasteiger partial charge in [0, 0.05) is 0 Å². The smallest absolute Gasteiger partial charge is 0.423 e. The Kier molecular flexibility index (Phi) is 6.74. The molecule has 1 saturated carbocycles. The maximum atomic E-state index is 14.9. The second-order valence-electron chi connectivity index (χ2n) is 12.0. The number of fused-ring (bicyclic) bond motifs is 4. The average molecular weight is 610 g/mol. The van der Waals surface area contributed by atoms with Crippen LogP contribution in [0.25, 0.3) is 0 Å². The van der Waals surface area contributed by atoms with Crippen molar-refractivity contribution < 1.29 is 38.2 Å². The fourth-order valence-corrected chi connectivity index (χ4v) is 7.96. The van der Waals surface area contributed by atoms with Gasteiger partial charge in [0.2, 0.25) is 11.8 Å². The summed E-state index contributed by atoms with van der Waals surface area (Å²) >= 11 is 0.